The van der Waals surface area contributed by atoms with Gasteiger partial charge in [0.25, 0.3) is 5.91 Å². The first-order chi connectivity index (χ1) is 8.16. The molecule has 0 aliphatic carbocycles. The van der Waals surface area contributed by atoms with E-state index in [1.54, 1.807) is 12.1 Å². The zero-order valence-corrected chi connectivity index (χ0v) is 9.31. The number of ether oxygens (including phenoxy) is 1. The van der Waals surface area contributed by atoms with Crippen LogP contribution in [0.25, 0.3) is 0 Å². The van der Waals surface area contributed by atoms with Crippen molar-refractivity contribution >= 4 is 17.5 Å². The predicted octanol–water partition coefficient (Wildman–Crippen LogP) is 0.531. The lowest BCUT2D eigenvalue weighted by atomic mass is 10.2. The maximum Gasteiger partial charge on any atom is 0.252 e. The number of aromatic amines is 1. The minimum Gasteiger partial charge on any atom is -0.485 e. The van der Waals surface area contributed by atoms with Gasteiger partial charge < -0.3 is 10.5 Å². The first-order valence-electron chi connectivity index (χ1n) is 4.61. The third-order valence-electron chi connectivity index (χ3n) is 1.95. The van der Waals surface area contributed by atoms with Gasteiger partial charge in [-0.1, -0.05) is 16.8 Å². The summed E-state index contributed by atoms with van der Waals surface area (Å²) in [5.74, 6) is 0.0812. The maximum absolute atomic E-state index is 11.2. The summed E-state index contributed by atoms with van der Waals surface area (Å²) in [5.41, 5.74) is 5.41. The van der Waals surface area contributed by atoms with Gasteiger partial charge in [0.05, 0.1) is 5.56 Å². The van der Waals surface area contributed by atoms with Crippen molar-refractivity contribution in [2.45, 2.75) is 6.61 Å². The number of benzene rings is 1. The highest BCUT2D eigenvalue weighted by atomic mass is 35.5. The quantitative estimate of drug-likeness (QED) is 0.827. The number of hydrogen-bond donors (Lipinski definition) is 2. The zero-order chi connectivity index (χ0) is 12.3. The molecule has 0 saturated carbocycles. The molecule has 7 nitrogen and oxygen atoms in total. The largest absolute Gasteiger partial charge is 0.485 e. The van der Waals surface area contributed by atoms with Gasteiger partial charge in [-0.3, -0.25) is 4.79 Å². The molecule has 2 aromatic rings. The van der Waals surface area contributed by atoms with Crippen LogP contribution in [0.3, 0.4) is 0 Å². The summed E-state index contributed by atoms with van der Waals surface area (Å²) in [7, 11) is 0. The standard InChI is InChI=1S/C9H8ClN5O2/c10-5-1-2-7(6(3-5)9(11)16)17-4-8-12-14-15-13-8/h1-3H,4H2,(H2,11,16)(H,12,13,14,15). The van der Waals surface area contributed by atoms with Gasteiger partial charge in [-0.05, 0) is 18.2 Å². The average molecular weight is 254 g/mol. The molecular formula is C9H8ClN5O2. The minimum absolute atomic E-state index is 0.0818. The van der Waals surface area contributed by atoms with Crippen molar-refractivity contribution in [3.63, 3.8) is 0 Å². The fraction of sp³-hybridized carbons (Fsp3) is 0.111. The summed E-state index contributed by atoms with van der Waals surface area (Å²) in [5, 5.41) is 13.5. The maximum atomic E-state index is 11.2. The molecule has 3 N–H and O–H groups in total. The molecule has 0 radical (unpaired) electrons. The molecule has 0 fully saturated rings. The molecule has 2 rings (SSSR count). The first-order valence-corrected chi connectivity index (χ1v) is 4.99. The van der Waals surface area contributed by atoms with Crippen LogP contribution in [0.5, 0.6) is 5.75 Å². The Bertz CT molecular complexity index is 528. The normalized spacial score (nSPS) is 10.2. The Morgan fingerprint density at radius 2 is 2.35 bits per heavy atom. The van der Waals surface area contributed by atoms with E-state index in [0.717, 1.165) is 0 Å². The van der Waals surface area contributed by atoms with Crippen LogP contribution in [0.2, 0.25) is 5.02 Å². The highest BCUT2D eigenvalue weighted by Crippen LogP contribution is 2.22. The number of aromatic nitrogens is 4. The van der Waals surface area contributed by atoms with Gasteiger partial charge in [0.2, 0.25) is 5.82 Å². The molecule has 0 aliphatic rings. The van der Waals surface area contributed by atoms with Crippen molar-refractivity contribution in [1.82, 2.24) is 20.6 Å². The van der Waals surface area contributed by atoms with E-state index < -0.39 is 5.91 Å². The Kier molecular flexibility index (Phi) is 3.20. The van der Waals surface area contributed by atoms with Crippen LogP contribution >= 0.6 is 11.6 Å². The molecule has 1 aromatic heterocycles. The molecule has 88 valence electrons. The molecule has 0 spiro atoms. The summed E-state index contributed by atoms with van der Waals surface area (Å²) in [6.07, 6.45) is 0. The van der Waals surface area contributed by atoms with Crippen LogP contribution in [0, 0.1) is 0 Å². The van der Waals surface area contributed by atoms with E-state index in [2.05, 4.69) is 20.6 Å². The third kappa shape index (κ3) is 2.70. The van der Waals surface area contributed by atoms with Gasteiger partial charge in [0.15, 0.2) is 6.61 Å². The molecule has 0 atom stereocenters. The van der Waals surface area contributed by atoms with E-state index >= 15 is 0 Å². The summed E-state index contributed by atoms with van der Waals surface area (Å²) in [6, 6.07) is 4.59. The fourth-order valence-corrected chi connectivity index (χ4v) is 1.38. The SMILES string of the molecule is NC(=O)c1cc(Cl)ccc1OCc1nn[nH]n1. The second-order valence-corrected chi connectivity index (χ2v) is 3.56. The molecule has 1 amide bonds. The van der Waals surface area contributed by atoms with Gasteiger partial charge in [-0.2, -0.15) is 5.21 Å². The fourth-order valence-electron chi connectivity index (χ4n) is 1.21. The van der Waals surface area contributed by atoms with Gasteiger partial charge in [0.1, 0.15) is 5.75 Å². The van der Waals surface area contributed by atoms with E-state index in [1.807, 2.05) is 0 Å². The summed E-state index contributed by atoms with van der Waals surface area (Å²) in [4.78, 5) is 11.2. The van der Waals surface area contributed by atoms with E-state index in [0.29, 0.717) is 16.6 Å². The number of rotatable bonds is 4. The van der Waals surface area contributed by atoms with Crippen molar-refractivity contribution in [3.8, 4) is 5.75 Å². The van der Waals surface area contributed by atoms with Crippen molar-refractivity contribution in [1.29, 1.82) is 0 Å². The molecule has 0 bridgehead atoms. The molecule has 0 aliphatic heterocycles. The van der Waals surface area contributed by atoms with Crippen molar-refractivity contribution < 1.29 is 9.53 Å². The minimum atomic E-state index is -0.615. The first kappa shape index (κ1) is 11.3. The topological polar surface area (TPSA) is 107 Å². The van der Waals surface area contributed by atoms with E-state index in [9.17, 15) is 4.79 Å². The molecular weight excluding hydrogens is 246 g/mol. The zero-order valence-electron chi connectivity index (χ0n) is 8.55. The number of carbonyl (C=O) groups is 1. The van der Waals surface area contributed by atoms with Crippen LogP contribution in [-0.4, -0.2) is 26.5 Å². The molecule has 0 saturated heterocycles. The molecule has 17 heavy (non-hydrogen) atoms. The Morgan fingerprint density at radius 1 is 1.53 bits per heavy atom. The highest BCUT2D eigenvalue weighted by Gasteiger charge is 2.11. The average Bonchev–Trinajstić information content (AvgIpc) is 2.80. The predicted molar refractivity (Wildman–Crippen MR) is 58.5 cm³/mol. The number of nitrogens with one attached hydrogen (secondary N) is 1. The number of tetrazole rings is 1. The molecule has 8 heteroatoms. The van der Waals surface area contributed by atoms with Crippen LogP contribution < -0.4 is 10.5 Å². The van der Waals surface area contributed by atoms with Crippen molar-refractivity contribution in [2.24, 2.45) is 5.73 Å². The summed E-state index contributed by atoms with van der Waals surface area (Å²) < 4.78 is 5.35. The monoisotopic (exact) mass is 253 g/mol. The van der Waals surface area contributed by atoms with Crippen LogP contribution in [0.15, 0.2) is 18.2 Å². The van der Waals surface area contributed by atoms with Crippen LogP contribution in [0.1, 0.15) is 16.2 Å². The van der Waals surface area contributed by atoms with Gasteiger partial charge in [-0.25, -0.2) is 0 Å². The Labute approximate surface area is 101 Å². The smallest absolute Gasteiger partial charge is 0.252 e. The van der Waals surface area contributed by atoms with Crippen molar-refractivity contribution in [2.75, 3.05) is 0 Å². The Hall–Kier alpha value is -2.15. The summed E-state index contributed by atoms with van der Waals surface area (Å²) in [6.45, 7) is 0.0818. The number of H-pyrrole nitrogens is 1. The number of hydrogen-bond acceptors (Lipinski definition) is 5. The second-order valence-electron chi connectivity index (χ2n) is 3.12. The number of nitrogens with zero attached hydrogens (tertiary/aromatic N) is 3. The number of carbonyl (C=O) groups excluding carboxylic acids is 1. The lowest BCUT2D eigenvalue weighted by Crippen LogP contribution is -2.13. The van der Waals surface area contributed by atoms with Gasteiger partial charge >= 0.3 is 0 Å². The van der Waals surface area contributed by atoms with E-state index in [-0.39, 0.29) is 12.2 Å². The molecule has 1 aromatic carbocycles. The second kappa shape index (κ2) is 4.79. The third-order valence-corrected chi connectivity index (χ3v) is 2.19. The lowest BCUT2D eigenvalue weighted by Gasteiger charge is -2.07. The van der Waals surface area contributed by atoms with Gasteiger partial charge in [-0.15, -0.1) is 10.2 Å². The van der Waals surface area contributed by atoms with Gasteiger partial charge in [0, 0.05) is 5.02 Å². The van der Waals surface area contributed by atoms with E-state index in [1.165, 1.54) is 6.07 Å². The molecule has 1 heterocycles. The Balaban J connectivity index is 2.17. The Morgan fingerprint density at radius 3 is 3.00 bits per heavy atom. The highest BCUT2D eigenvalue weighted by molar-refractivity contribution is 6.31. The van der Waals surface area contributed by atoms with Crippen molar-refractivity contribution in [3.05, 3.63) is 34.6 Å². The van der Waals surface area contributed by atoms with E-state index in [4.69, 9.17) is 22.1 Å². The number of primary amides is 1. The lowest BCUT2D eigenvalue weighted by molar-refractivity contribution is 0.0995. The number of halogens is 1. The summed E-state index contributed by atoms with van der Waals surface area (Å²) >= 11 is 5.76. The van der Waals surface area contributed by atoms with Crippen LogP contribution in [0.4, 0.5) is 0 Å². The molecule has 0 unspecified atom stereocenters. The number of nitrogens with two attached hydrogens (primary N) is 1. The number of amides is 1. The van der Waals surface area contributed by atoms with Crippen LogP contribution in [-0.2, 0) is 6.61 Å².